The van der Waals surface area contributed by atoms with Gasteiger partial charge < -0.3 is 14.8 Å². The van der Waals surface area contributed by atoms with E-state index in [1.54, 1.807) is 19.5 Å². The van der Waals surface area contributed by atoms with E-state index in [4.69, 9.17) is 9.47 Å². The van der Waals surface area contributed by atoms with E-state index in [1.165, 1.54) is 11.3 Å². The highest BCUT2D eigenvalue weighted by atomic mass is 32.1. The number of pyridine rings is 1. The van der Waals surface area contributed by atoms with Crippen molar-refractivity contribution in [2.24, 2.45) is 0 Å². The van der Waals surface area contributed by atoms with Crippen LogP contribution in [0.3, 0.4) is 0 Å². The van der Waals surface area contributed by atoms with Gasteiger partial charge >= 0.3 is 0 Å². The second-order valence-electron chi connectivity index (χ2n) is 5.51. The Morgan fingerprint density at radius 1 is 1.19 bits per heavy atom. The molecule has 1 amide bonds. The van der Waals surface area contributed by atoms with Gasteiger partial charge in [0.05, 0.1) is 25.4 Å². The highest BCUT2D eigenvalue weighted by Crippen LogP contribution is 2.15. The average Bonchev–Trinajstić information content (AvgIpc) is 3.13. The van der Waals surface area contributed by atoms with E-state index in [0.717, 1.165) is 22.0 Å². The van der Waals surface area contributed by atoms with Gasteiger partial charge in [-0.1, -0.05) is 12.1 Å². The lowest BCUT2D eigenvalue weighted by atomic mass is 10.2. The molecular formula is C19H19N3O3S. The summed E-state index contributed by atoms with van der Waals surface area (Å²) in [5.74, 6) is 1.43. The van der Waals surface area contributed by atoms with Crippen LogP contribution in [0.4, 0.5) is 0 Å². The molecule has 0 atom stereocenters. The maximum Gasteiger partial charge on any atom is 0.226 e. The molecule has 2 heterocycles. The number of carbonyl (C=O) groups is 1. The summed E-state index contributed by atoms with van der Waals surface area (Å²) in [6.45, 7) is 0.841. The lowest BCUT2D eigenvalue weighted by molar-refractivity contribution is -0.120. The van der Waals surface area contributed by atoms with Gasteiger partial charge in [-0.15, -0.1) is 11.3 Å². The molecule has 0 saturated heterocycles. The highest BCUT2D eigenvalue weighted by Gasteiger charge is 2.08. The first-order valence-corrected chi connectivity index (χ1v) is 8.96. The third-order valence-corrected chi connectivity index (χ3v) is 4.46. The molecule has 0 bridgehead atoms. The van der Waals surface area contributed by atoms with Crippen molar-refractivity contribution in [1.29, 1.82) is 0 Å². The SMILES string of the molecule is COc1ccc(CNC(=O)Cc2csc(COc3cccnc3)n2)cc1. The van der Waals surface area contributed by atoms with Crippen LogP contribution in [0.25, 0.3) is 0 Å². The van der Waals surface area contributed by atoms with Crippen molar-refractivity contribution in [3.05, 3.63) is 70.4 Å². The third kappa shape index (κ3) is 5.29. The number of rotatable bonds is 8. The summed E-state index contributed by atoms with van der Waals surface area (Å²) in [6, 6.07) is 11.3. The number of nitrogens with zero attached hydrogens (tertiary/aromatic N) is 2. The summed E-state index contributed by atoms with van der Waals surface area (Å²) in [5.41, 5.74) is 1.76. The van der Waals surface area contributed by atoms with Crippen molar-refractivity contribution >= 4 is 17.2 Å². The average molecular weight is 369 g/mol. The maximum absolute atomic E-state index is 12.1. The van der Waals surface area contributed by atoms with Crippen LogP contribution in [0.1, 0.15) is 16.3 Å². The van der Waals surface area contributed by atoms with Crippen LogP contribution < -0.4 is 14.8 Å². The second-order valence-corrected chi connectivity index (χ2v) is 6.45. The van der Waals surface area contributed by atoms with E-state index < -0.39 is 0 Å². The normalized spacial score (nSPS) is 10.3. The number of hydrogen-bond donors (Lipinski definition) is 1. The number of hydrogen-bond acceptors (Lipinski definition) is 6. The Morgan fingerprint density at radius 3 is 2.77 bits per heavy atom. The van der Waals surface area contributed by atoms with E-state index in [0.29, 0.717) is 18.9 Å². The van der Waals surface area contributed by atoms with Crippen molar-refractivity contribution in [2.75, 3.05) is 7.11 Å². The zero-order chi connectivity index (χ0) is 18.2. The van der Waals surface area contributed by atoms with Gasteiger partial charge in [0.2, 0.25) is 5.91 Å². The first kappa shape index (κ1) is 17.9. The van der Waals surface area contributed by atoms with Crippen LogP contribution in [0.15, 0.2) is 54.2 Å². The van der Waals surface area contributed by atoms with Gasteiger partial charge in [0, 0.05) is 18.1 Å². The number of ether oxygens (including phenoxy) is 2. The Morgan fingerprint density at radius 2 is 2.04 bits per heavy atom. The molecule has 7 heteroatoms. The predicted octanol–water partition coefficient (Wildman–Crippen LogP) is 2.98. The number of aromatic nitrogens is 2. The van der Waals surface area contributed by atoms with E-state index in [-0.39, 0.29) is 12.3 Å². The van der Waals surface area contributed by atoms with Crippen molar-refractivity contribution in [2.45, 2.75) is 19.6 Å². The van der Waals surface area contributed by atoms with Crippen molar-refractivity contribution in [3.63, 3.8) is 0 Å². The lowest BCUT2D eigenvalue weighted by Crippen LogP contribution is -2.24. The Bertz CT molecular complexity index is 835. The molecule has 2 aromatic heterocycles. The first-order chi connectivity index (χ1) is 12.7. The fourth-order valence-corrected chi connectivity index (χ4v) is 2.95. The summed E-state index contributed by atoms with van der Waals surface area (Å²) in [5, 5.41) is 5.61. The maximum atomic E-state index is 12.1. The molecule has 0 aliphatic carbocycles. The minimum atomic E-state index is -0.0640. The number of carbonyl (C=O) groups excluding carboxylic acids is 1. The smallest absolute Gasteiger partial charge is 0.226 e. The quantitative estimate of drug-likeness (QED) is 0.661. The van der Waals surface area contributed by atoms with Gasteiger partial charge in [-0.3, -0.25) is 9.78 Å². The van der Waals surface area contributed by atoms with E-state index in [1.807, 2.05) is 41.8 Å². The summed E-state index contributed by atoms with van der Waals surface area (Å²) < 4.78 is 10.7. The zero-order valence-corrected chi connectivity index (χ0v) is 15.2. The lowest BCUT2D eigenvalue weighted by Gasteiger charge is -2.05. The highest BCUT2D eigenvalue weighted by molar-refractivity contribution is 7.09. The summed E-state index contributed by atoms with van der Waals surface area (Å²) in [6.07, 6.45) is 3.60. The summed E-state index contributed by atoms with van der Waals surface area (Å²) >= 11 is 1.48. The van der Waals surface area contributed by atoms with Gasteiger partial charge in [-0.05, 0) is 29.8 Å². The molecule has 26 heavy (non-hydrogen) atoms. The molecule has 0 fully saturated rings. The number of benzene rings is 1. The van der Waals surface area contributed by atoms with Gasteiger partial charge in [0.15, 0.2) is 0 Å². The topological polar surface area (TPSA) is 73.3 Å². The minimum absolute atomic E-state index is 0.0640. The fourth-order valence-electron chi connectivity index (χ4n) is 2.24. The van der Waals surface area contributed by atoms with E-state index in [2.05, 4.69) is 15.3 Å². The molecular weight excluding hydrogens is 350 g/mol. The first-order valence-electron chi connectivity index (χ1n) is 8.08. The van der Waals surface area contributed by atoms with Crippen molar-refractivity contribution in [1.82, 2.24) is 15.3 Å². The summed E-state index contributed by atoms with van der Waals surface area (Å²) in [4.78, 5) is 20.5. The van der Waals surface area contributed by atoms with Crippen LogP contribution in [0.5, 0.6) is 11.5 Å². The van der Waals surface area contributed by atoms with Gasteiger partial charge in [-0.25, -0.2) is 4.98 Å². The van der Waals surface area contributed by atoms with Crippen LogP contribution in [-0.2, 0) is 24.4 Å². The molecule has 1 aromatic carbocycles. The molecule has 134 valence electrons. The molecule has 0 aliphatic heterocycles. The fraction of sp³-hybridized carbons (Fsp3) is 0.211. The third-order valence-electron chi connectivity index (χ3n) is 3.59. The molecule has 6 nitrogen and oxygen atoms in total. The van der Waals surface area contributed by atoms with Gasteiger partial charge in [0.1, 0.15) is 23.1 Å². The number of methoxy groups -OCH3 is 1. The molecule has 1 N–H and O–H groups in total. The molecule has 3 aromatic rings. The van der Waals surface area contributed by atoms with Crippen LogP contribution in [0.2, 0.25) is 0 Å². The van der Waals surface area contributed by atoms with Crippen LogP contribution in [-0.4, -0.2) is 23.0 Å². The molecule has 0 spiro atoms. The summed E-state index contributed by atoms with van der Waals surface area (Å²) in [7, 11) is 1.63. The van der Waals surface area contributed by atoms with E-state index in [9.17, 15) is 4.79 Å². The Kier molecular flexibility index (Phi) is 6.16. The number of thiazole rings is 1. The van der Waals surface area contributed by atoms with Crippen molar-refractivity contribution in [3.8, 4) is 11.5 Å². The molecule has 0 radical (unpaired) electrons. The molecule has 0 unspecified atom stereocenters. The molecule has 0 saturated carbocycles. The Balaban J connectivity index is 1.44. The number of nitrogens with one attached hydrogen (secondary N) is 1. The number of amides is 1. The van der Waals surface area contributed by atoms with Crippen LogP contribution >= 0.6 is 11.3 Å². The van der Waals surface area contributed by atoms with Gasteiger partial charge in [-0.2, -0.15) is 0 Å². The van der Waals surface area contributed by atoms with Crippen molar-refractivity contribution < 1.29 is 14.3 Å². The van der Waals surface area contributed by atoms with E-state index >= 15 is 0 Å². The minimum Gasteiger partial charge on any atom is -0.497 e. The molecule has 3 rings (SSSR count). The van der Waals surface area contributed by atoms with Crippen LogP contribution in [0, 0.1) is 0 Å². The largest absolute Gasteiger partial charge is 0.497 e. The Hall–Kier alpha value is -2.93. The zero-order valence-electron chi connectivity index (χ0n) is 14.3. The standard InChI is InChI=1S/C19H19N3O3S/c1-24-16-6-4-14(5-7-16)10-21-18(23)9-15-13-26-19(22-15)12-25-17-3-2-8-20-11-17/h2-8,11,13H,9-10,12H2,1H3,(H,21,23). The van der Waals surface area contributed by atoms with Gasteiger partial charge in [0.25, 0.3) is 0 Å². The second kappa shape index (κ2) is 8.96. The monoisotopic (exact) mass is 369 g/mol. The molecule has 0 aliphatic rings. The predicted molar refractivity (Wildman–Crippen MR) is 99.2 cm³/mol. The Labute approximate surface area is 155 Å².